The molecule has 1 aromatic rings. The Hall–Kier alpha value is -1.56. The number of carbonyl (C=O) groups excluding carboxylic acids is 2. The number of thiophene rings is 1. The molecule has 0 bridgehead atoms. The zero-order valence-electron chi connectivity index (χ0n) is 12.2. The van der Waals surface area contributed by atoms with Crippen LogP contribution < -0.4 is 10.6 Å². The van der Waals surface area contributed by atoms with E-state index < -0.39 is 5.41 Å². The Balaban J connectivity index is 2.25. The van der Waals surface area contributed by atoms with Crippen LogP contribution in [0.5, 0.6) is 0 Å². The largest absolute Gasteiger partial charge is 0.465 e. The SMILES string of the molecule is CCNC(=O)NCCCOC(=O)C(C)(C)c1cccs1. The van der Waals surface area contributed by atoms with Gasteiger partial charge in [0.2, 0.25) is 0 Å². The molecule has 6 heteroatoms. The number of hydrogen-bond donors (Lipinski definition) is 2. The fourth-order valence-corrected chi connectivity index (χ4v) is 2.42. The van der Waals surface area contributed by atoms with Gasteiger partial charge in [-0.3, -0.25) is 4.79 Å². The molecule has 1 heterocycles. The second kappa shape index (κ2) is 7.89. The Kier molecular flexibility index (Phi) is 6.51. The molecule has 0 aliphatic rings. The molecule has 0 saturated carbocycles. The van der Waals surface area contributed by atoms with Crippen LogP contribution in [0.1, 0.15) is 32.1 Å². The summed E-state index contributed by atoms with van der Waals surface area (Å²) in [5.41, 5.74) is -0.624. The minimum absolute atomic E-state index is 0.197. The van der Waals surface area contributed by atoms with Gasteiger partial charge in [0, 0.05) is 18.0 Å². The third-order valence-electron chi connectivity index (χ3n) is 2.82. The van der Waals surface area contributed by atoms with Crippen LogP contribution >= 0.6 is 11.3 Å². The maximum Gasteiger partial charge on any atom is 0.316 e. The van der Waals surface area contributed by atoms with E-state index in [1.165, 1.54) is 0 Å². The van der Waals surface area contributed by atoms with Crippen LogP contribution in [-0.2, 0) is 14.9 Å². The highest BCUT2D eigenvalue weighted by atomic mass is 32.1. The summed E-state index contributed by atoms with van der Waals surface area (Å²) in [6.07, 6.45) is 0.601. The summed E-state index contributed by atoms with van der Waals surface area (Å²) in [5.74, 6) is -0.238. The van der Waals surface area contributed by atoms with Crippen LogP contribution in [0.4, 0.5) is 4.79 Å². The van der Waals surface area contributed by atoms with Crippen molar-refractivity contribution in [2.75, 3.05) is 19.7 Å². The summed E-state index contributed by atoms with van der Waals surface area (Å²) in [6.45, 7) is 6.95. The first-order valence-corrected chi connectivity index (χ1v) is 7.59. The van der Waals surface area contributed by atoms with E-state index in [0.717, 1.165) is 4.88 Å². The number of esters is 1. The number of nitrogens with one attached hydrogen (secondary N) is 2. The molecule has 0 saturated heterocycles. The Morgan fingerprint density at radius 2 is 2.10 bits per heavy atom. The van der Waals surface area contributed by atoms with Crippen molar-refractivity contribution in [1.29, 1.82) is 0 Å². The van der Waals surface area contributed by atoms with Crippen LogP contribution in [0.15, 0.2) is 17.5 Å². The standard InChI is InChI=1S/C14H22N2O3S/c1-4-15-13(18)16-8-6-9-19-12(17)14(2,3)11-7-5-10-20-11/h5,7,10H,4,6,8-9H2,1-3H3,(H2,15,16,18). The van der Waals surface area contributed by atoms with E-state index in [0.29, 0.717) is 26.1 Å². The molecule has 1 rings (SSSR count). The quantitative estimate of drug-likeness (QED) is 0.599. The minimum Gasteiger partial charge on any atom is -0.465 e. The second-order valence-electron chi connectivity index (χ2n) is 4.88. The fourth-order valence-electron chi connectivity index (χ4n) is 1.58. The lowest BCUT2D eigenvalue weighted by atomic mass is 9.92. The monoisotopic (exact) mass is 298 g/mol. The molecule has 2 N–H and O–H groups in total. The number of urea groups is 1. The molecule has 0 aliphatic heterocycles. The first kappa shape index (κ1) is 16.5. The Morgan fingerprint density at radius 3 is 2.70 bits per heavy atom. The van der Waals surface area contributed by atoms with Gasteiger partial charge in [0.1, 0.15) is 0 Å². The van der Waals surface area contributed by atoms with Crippen molar-refractivity contribution in [3.63, 3.8) is 0 Å². The van der Waals surface area contributed by atoms with E-state index in [-0.39, 0.29) is 12.0 Å². The summed E-state index contributed by atoms with van der Waals surface area (Å²) in [6, 6.07) is 3.66. The number of amides is 2. The zero-order chi connectivity index (χ0) is 15.0. The van der Waals surface area contributed by atoms with Gasteiger partial charge >= 0.3 is 12.0 Å². The number of rotatable bonds is 7. The second-order valence-corrected chi connectivity index (χ2v) is 5.83. The summed E-state index contributed by atoms with van der Waals surface area (Å²) in [7, 11) is 0. The molecule has 0 fully saturated rings. The summed E-state index contributed by atoms with van der Waals surface area (Å²) >= 11 is 1.55. The van der Waals surface area contributed by atoms with Crippen molar-refractivity contribution in [2.45, 2.75) is 32.6 Å². The normalized spacial score (nSPS) is 10.9. The van der Waals surface area contributed by atoms with Crippen molar-refractivity contribution in [1.82, 2.24) is 10.6 Å². The molecule has 112 valence electrons. The average Bonchev–Trinajstić information content (AvgIpc) is 2.92. The first-order chi connectivity index (χ1) is 9.48. The molecule has 0 aromatic carbocycles. The molecule has 0 aliphatic carbocycles. The maximum atomic E-state index is 12.0. The lowest BCUT2D eigenvalue weighted by Gasteiger charge is -2.21. The summed E-state index contributed by atoms with van der Waals surface area (Å²) in [5, 5.41) is 7.26. The lowest BCUT2D eigenvalue weighted by Crippen LogP contribution is -2.36. The predicted octanol–water partition coefficient (Wildman–Crippen LogP) is 2.28. The molecule has 1 aromatic heterocycles. The molecule has 0 atom stereocenters. The molecule has 0 radical (unpaired) electrons. The molecule has 20 heavy (non-hydrogen) atoms. The Labute approximate surface area is 123 Å². The first-order valence-electron chi connectivity index (χ1n) is 6.71. The van der Waals surface area contributed by atoms with Gasteiger partial charge in [-0.2, -0.15) is 0 Å². The van der Waals surface area contributed by atoms with Crippen molar-refractivity contribution in [3.8, 4) is 0 Å². The van der Waals surface area contributed by atoms with Gasteiger partial charge in [-0.25, -0.2) is 4.79 Å². The fraction of sp³-hybridized carbons (Fsp3) is 0.571. The van der Waals surface area contributed by atoms with Crippen LogP contribution in [0, 0.1) is 0 Å². The number of carbonyl (C=O) groups is 2. The van der Waals surface area contributed by atoms with Crippen molar-refractivity contribution >= 4 is 23.3 Å². The van der Waals surface area contributed by atoms with Crippen molar-refractivity contribution in [3.05, 3.63) is 22.4 Å². The highest BCUT2D eigenvalue weighted by Crippen LogP contribution is 2.28. The van der Waals surface area contributed by atoms with Gasteiger partial charge in [0.05, 0.1) is 12.0 Å². The predicted molar refractivity (Wildman–Crippen MR) is 80.0 cm³/mol. The van der Waals surface area contributed by atoms with E-state index in [9.17, 15) is 9.59 Å². The van der Waals surface area contributed by atoms with E-state index >= 15 is 0 Å². The van der Waals surface area contributed by atoms with Crippen molar-refractivity contribution in [2.24, 2.45) is 0 Å². The molecular formula is C14H22N2O3S. The third-order valence-corrected chi connectivity index (χ3v) is 4.02. The van der Waals surface area contributed by atoms with E-state index in [4.69, 9.17) is 4.74 Å². The topological polar surface area (TPSA) is 67.4 Å². The van der Waals surface area contributed by atoms with E-state index in [2.05, 4.69) is 10.6 Å². The molecule has 5 nitrogen and oxygen atoms in total. The van der Waals surface area contributed by atoms with Gasteiger partial charge < -0.3 is 15.4 Å². The van der Waals surface area contributed by atoms with E-state index in [1.54, 1.807) is 11.3 Å². The van der Waals surface area contributed by atoms with Crippen LogP contribution in [0.2, 0.25) is 0 Å². The lowest BCUT2D eigenvalue weighted by molar-refractivity contribution is -0.149. The van der Waals surface area contributed by atoms with Gasteiger partial charge in [-0.05, 0) is 38.6 Å². The zero-order valence-corrected chi connectivity index (χ0v) is 13.0. The smallest absolute Gasteiger partial charge is 0.316 e. The van der Waals surface area contributed by atoms with E-state index in [1.807, 2.05) is 38.3 Å². The Morgan fingerprint density at radius 1 is 1.35 bits per heavy atom. The third kappa shape index (κ3) is 4.85. The number of ether oxygens (including phenoxy) is 1. The summed E-state index contributed by atoms with van der Waals surface area (Å²) in [4.78, 5) is 24.2. The highest BCUT2D eigenvalue weighted by Gasteiger charge is 2.32. The van der Waals surface area contributed by atoms with Gasteiger partial charge in [0.25, 0.3) is 0 Å². The minimum atomic E-state index is -0.624. The number of hydrogen-bond acceptors (Lipinski definition) is 4. The molecule has 2 amide bonds. The van der Waals surface area contributed by atoms with Crippen molar-refractivity contribution < 1.29 is 14.3 Å². The van der Waals surface area contributed by atoms with Gasteiger partial charge in [-0.15, -0.1) is 11.3 Å². The maximum absolute atomic E-state index is 12.0. The van der Waals surface area contributed by atoms with Crippen LogP contribution in [-0.4, -0.2) is 31.7 Å². The molecule has 0 spiro atoms. The Bertz CT molecular complexity index is 430. The summed E-state index contributed by atoms with van der Waals surface area (Å²) < 4.78 is 5.27. The van der Waals surface area contributed by atoms with Crippen LogP contribution in [0.25, 0.3) is 0 Å². The molecule has 0 unspecified atom stereocenters. The average molecular weight is 298 g/mol. The van der Waals surface area contributed by atoms with Gasteiger partial charge in [0.15, 0.2) is 0 Å². The van der Waals surface area contributed by atoms with Gasteiger partial charge in [-0.1, -0.05) is 6.07 Å². The highest BCUT2D eigenvalue weighted by molar-refractivity contribution is 7.10. The molecular weight excluding hydrogens is 276 g/mol. The van der Waals surface area contributed by atoms with Crippen LogP contribution in [0.3, 0.4) is 0 Å².